The summed E-state index contributed by atoms with van der Waals surface area (Å²) in [6, 6.07) is 87.7. The second-order valence-electron chi connectivity index (χ2n) is 31.3. The van der Waals surface area contributed by atoms with Crippen molar-refractivity contribution in [2.24, 2.45) is 11.8 Å². The SMILES string of the molecule is Cc1ccc(N2C(=O)[C@H](CC[C@H](O)c3ccc(F)cc3)[C@H]2c2ccc(C[C@@H]3OC(CO)[C@@H](O)[C@H](O)C3O)cc2O)cc1.Cc1ccc(N2C(=O)[C@H](CC[C@H](O)c3ccc(F)cc3)[C@H]2c2ccc(C[C@@H]3OC(COCc4ccccc4)[C@@H](OCc4ccccc4)[C@@H](OCc4ccccc4)C3OCc3ccccc3)cc2OCc2ccccc2)cc1. The second-order valence-corrected chi connectivity index (χ2v) is 31.3. The molecular formula is C99H102F2N2O16. The van der Waals surface area contributed by atoms with E-state index in [1.807, 2.05) is 183 Å². The zero-order valence-electron chi connectivity index (χ0n) is 66.5. The lowest BCUT2D eigenvalue weighted by Crippen LogP contribution is -2.61. The topological polar surface area (TPSA) is 247 Å². The molecule has 18 nitrogen and oxygen atoms in total. The minimum absolute atomic E-state index is 0.0386. The number of nitrogens with zero attached hydrogens (tertiary/aromatic N) is 2. The molecule has 4 heterocycles. The van der Waals surface area contributed by atoms with Crippen LogP contribution in [0.1, 0.15) is 122 Å². The van der Waals surface area contributed by atoms with Crippen LogP contribution in [0.15, 0.2) is 285 Å². The van der Waals surface area contributed by atoms with Crippen molar-refractivity contribution in [3.05, 3.63) is 369 Å². The molecule has 0 radical (unpaired) electrons. The molecule has 15 rings (SSSR count). The standard InChI is InChI=1S/C67H66FNO8.C32H36FNO8/c1-47-27-34-56(35-28-47)69-63(58(67(69)71)37-38-59(70)54-30-32-55(68)33-31-54)57-36-29-53(39-60(57)73-42-49-19-9-3-10-20-49)40-61-64(74-43-50-21-11-4-12-22-50)66(76-45-52-25-15-6-16-26-52)65(75-44-51-23-13-5-14-24-51)62(77-61)46-72-41-48-17-7-2-8-18-48;1-17-2-9-21(10-3-17)34-28(23(32(34)41)12-13-24(36)19-5-7-20(33)8-6-19)22-11-4-18(14-25(22)37)15-26-29(38)31(40)30(39)27(16-35)42-26/h2-36,39,58-59,61-66,70H,37-38,40-46H2,1H3;2-11,14,23-24,26-31,35-40H,12-13,15-16H2,1H3/t58-,59+,61+,62?,63-,64?,65-,66+;23-,24+,26+,27?,28-,29?,30-,31-/m11/s1. The van der Waals surface area contributed by atoms with Crippen LogP contribution in [0.3, 0.4) is 0 Å². The number of phenols is 1. The third kappa shape index (κ3) is 21.1. The van der Waals surface area contributed by atoms with E-state index in [0.29, 0.717) is 85.8 Å². The highest BCUT2D eigenvalue weighted by atomic mass is 19.1. The molecule has 20 heteroatoms. The Morgan fingerprint density at radius 2 is 0.790 bits per heavy atom. The number of halogens is 2. The van der Waals surface area contributed by atoms with E-state index < -0.39 is 110 Å². The molecule has 0 aromatic heterocycles. The smallest absolute Gasteiger partial charge is 0.233 e. The lowest BCUT2D eigenvalue weighted by atomic mass is 9.77. The summed E-state index contributed by atoms with van der Waals surface area (Å²) in [6.45, 7) is 5.29. The van der Waals surface area contributed by atoms with Crippen LogP contribution < -0.4 is 14.5 Å². The number of carbonyl (C=O) groups is 2. The summed E-state index contributed by atoms with van der Waals surface area (Å²) in [5.41, 5.74) is 12.7. The van der Waals surface area contributed by atoms with Gasteiger partial charge in [-0.2, -0.15) is 0 Å². The average molecular weight is 1610 g/mol. The maximum atomic E-state index is 14.5. The first kappa shape index (κ1) is 84.8. The molecule has 2 amide bonds. The van der Waals surface area contributed by atoms with Crippen molar-refractivity contribution in [3.8, 4) is 11.5 Å². The molecule has 16 atom stereocenters. The monoisotopic (exact) mass is 1610 g/mol. The molecule has 0 bridgehead atoms. The van der Waals surface area contributed by atoms with Crippen LogP contribution in [0, 0.1) is 37.3 Å². The Bertz CT molecular complexity index is 5030. The number of phenolic OH excluding ortho intramolecular Hbond substituents is 1. The van der Waals surface area contributed by atoms with Gasteiger partial charge >= 0.3 is 0 Å². The first-order valence-corrected chi connectivity index (χ1v) is 40.7. The predicted octanol–water partition coefficient (Wildman–Crippen LogP) is 15.7. The van der Waals surface area contributed by atoms with Gasteiger partial charge in [-0.15, -0.1) is 0 Å². The lowest BCUT2D eigenvalue weighted by Gasteiger charge is -2.48. The number of aliphatic hydroxyl groups excluding tert-OH is 6. The number of aliphatic hydroxyl groups is 6. The number of hydrogen-bond donors (Lipinski definition) is 7. The van der Waals surface area contributed by atoms with Gasteiger partial charge in [-0.05, 0) is 150 Å². The van der Waals surface area contributed by atoms with E-state index in [9.17, 15) is 54.1 Å². The Morgan fingerprint density at radius 3 is 1.24 bits per heavy atom. The van der Waals surface area contributed by atoms with Gasteiger partial charge in [-0.25, -0.2) is 8.78 Å². The van der Waals surface area contributed by atoms with Gasteiger partial charge < -0.3 is 78.7 Å². The number of β-lactam (4-membered cyclic amide) rings is 2. The highest BCUT2D eigenvalue weighted by Crippen LogP contribution is 2.51. The van der Waals surface area contributed by atoms with Gasteiger partial charge in [0.05, 0.1) is 88.0 Å². The number of aromatic hydroxyl groups is 1. The molecule has 4 aliphatic heterocycles. The first-order valence-electron chi connectivity index (χ1n) is 40.7. The molecule has 0 saturated carbocycles. The van der Waals surface area contributed by atoms with Crippen molar-refractivity contribution in [3.63, 3.8) is 0 Å². The van der Waals surface area contributed by atoms with Crippen molar-refractivity contribution in [1.82, 2.24) is 0 Å². The van der Waals surface area contributed by atoms with Gasteiger partial charge in [0.15, 0.2) is 0 Å². The summed E-state index contributed by atoms with van der Waals surface area (Å²) in [6.07, 6.45) is -9.21. The van der Waals surface area contributed by atoms with Gasteiger partial charge in [0.25, 0.3) is 0 Å². The molecular weight excluding hydrogens is 1510 g/mol. The minimum atomic E-state index is -1.50. The number of hydrogen-bond acceptors (Lipinski definition) is 16. The number of anilines is 2. The summed E-state index contributed by atoms with van der Waals surface area (Å²) in [4.78, 5) is 31.3. The number of aryl methyl sites for hydroxylation is 2. The van der Waals surface area contributed by atoms with Crippen LogP contribution in [-0.4, -0.2) is 122 Å². The minimum Gasteiger partial charge on any atom is -0.508 e. The van der Waals surface area contributed by atoms with Crippen LogP contribution in [0.4, 0.5) is 20.2 Å². The molecule has 0 aliphatic carbocycles. The Morgan fingerprint density at radius 1 is 0.403 bits per heavy atom. The van der Waals surface area contributed by atoms with Gasteiger partial charge in [0.2, 0.25) is 11.8 Å². The molecule has 7 N–H and O–H groups in total. The van der Waals surface area contributed by atoms with E-state index in [0.717, 1.165) is 55.8 Å². The third-order valence-electron chi connectivity index (χ3n) is 23.0. The summed E-state index contributed by atoms with van der Waals surface area (Å²) < 4.78 is 74.7. The van der Waals surface area contributed by atoms with Crippen molar-refractivity contribution >= 4 is 23.2 Å². The first-order chi connectivity index (χ1) is 57.9. The molecule has 0 spiro atoms. The Kier molecular flexibility index (Phi) is 28.8. The second kappa shape index (κ2) is 40.4. The summed E-state index contributed by atoms with van der Waals surface area (Å²) in [5, 5.41) is 73.3. The summed E-state index contributed by atoms with van der Waals surface area (Å²) in [7, 11) is 0. The summed E-state index contributed by atoms with van der Waals surface area (Å²) in [5.74, 6) is -1.39. The fraction of sp³-hybridized carbons (Fsp3) is 0.313. The van der Waals surface area contributed by atoms with Crippen LogP contribution in [0.2, 0.25) is 0 Å². The van der Waals surface area contributed by atoms with E-state index in [4.69, 9.17) is 33.2 Å². The molecule has 119 heavy (non-hydrogen) atoms. The number of amides is 2. The van der Waals surface area contributed by atoms with Gasteiger partial charge in [0.1, 0.15) is 78.6 Å². The molecule has 618 valence electrons. The predicted molar refractivity (Wildman–Crippen MR) is 447 cm³/mol. The van der Waals surface area contributed by atoms with Crippen LogP contribution in [0.5, 0.6) is 11.5 Å². The third-order valence-corrected chi connectivity index (χ3v) is 23.0. The van der Waals surface area contributed by atoms with Crippen LogP contribution in [0.25, 0.3) is 0 Å². The number of rotatable bonds is 33. The zero-order chi connectivity index (χ0) is 82.9. The van der Waals surface area contributed by atoms with Crippen molar-refractivity contribution < 1.29 is 87.3 Å². The Labute approximate surface area is 693 Å². The lowest BCUT2D eigenvalue weighted by molar-refractivity contribution is -0.272. The van der Waals surface area contributed by atoms with Crippen molar-refractivity contribution in [2.75, 3.05) is 23.0 Å². The van der Waals surface area contributed by atoms with Gasteiger partial charge in [0, 0.05) is 35.3 Å². The molecule has 4 fully saturated rings. The molecule has 4 saturated heterocycles. The van der Waals surface area contributed by atoms with Crippen LogP contribution in [-0.2, 0) is 83.9 Å². The van der Waals surface area contributed by atoms with Gasteiger partial charge in [-0.3, -0.25) is 9.59 Å². The Balaban J connectivity index is 0.000000233. The van der Waals surface area contributed by atoms with Gasteiger partial charge in [-0.1, -0.05) is 236 Å². The number of carbonyl (C=O) groups excluding carboxylic acids is 2. The van der Waals surface area contributed by atoms with Crippen molar-refractivity contribution in [2.45, 2.75) is 171 Å². The highest BCUT2D eigenvalue weighted by Gasteiger charge is 2.53. The fourth-order valence-corrected chi connectivity index (χ4v) is 16.4. The quantitative estimate of drug-likeness (QED) is 0.0189. The fourth-order valence-electron chi connectivity index (χ4n) is 16.4. The molecule has 11 aromatic carbocycles. The van der Waals surface area contributed by atoms with E-state index >= 15 is 0 Å². The summed E-state index contributed by atoms with van der Waals surface area (Å²) >= 11 is 0. The van der Waals surface area contributed by atoms with Crippen molar-refractivity contribution in [1.29, 1.82) is 0 Å². The Hall–Kier alpha value is -10.7. The molecule has 11 aromatic rings. The average Bonchev–Trinajstić information content (AvgIpc) is 0.733. The maximum absolute atomic E-state index is 14.5. The number of benzene rings is 11. The largest absolute Gasteiger partial charge is 0.508 e. The van der Waals surface area contributed by atoms with E-state index in [1.54, 1.807) is 29.2 Å². The molecule has 4 aliphatic rings. The van der Waals surface area contributed by atoms with E-state index in [-0.39, 0.29) is 49.4 Å². The maximum Gasteiger partial charge on any atom is 0.233 e. The normalized spacial score (nSPS) is 23.3. The van der Waals surface area contributed by atoms with E-state index in [1.165, 1.54) is 42.5 Å². The van der Waals surface area contributed by atoms with E-state index in [2.05, 4.69) is 54.6 Å². The zero-order valence-corrected chi connectivity index (χ0v) is 66.5. The van der Waals surface area contributed by atoms with Crippen LogP contribution >= 0.6 is 0 Å². The molecule has 4 unspecified atom stereocenters. The highest BCUT2D eigenvalue weighted by molar-refractivity contribution is 6.04. The number of ether oxygens (including phenoxy) is 7.